The minimum atomic E-state index is -0.641. The van der Waals surface area contributed by atoms with Gasteiger partial charge >= 0.3 is 0 Å². The number of hydrogen-bond donors (Lipinski definition) is 0. The summed E-state index contributed by atoms with van der Waals surface area (Å²) in [7, 11) is 6.90. The van der Waals surface area contributed by atoms with Crippen molar-refractivity contribution < 1.29 is 18.9 Å². The minimum absolute atomic E-state index is 0.188. The highest BCUT2D eigenvalue weighted by molar-refractivity contribution is 5.62. The van der Waals surface area contributed by atoms with Crippen LogP contribution in [0.2, 0.25) is 0 Å². The summed E-state index contributed by atoms with van der Waals surface area (Å²) in [5.74, 6) is 1.42. The Hall–Kier alpha value is -3.08. The van der Waals surface area contributed by atoms with E-state index < -0.39 is 10.8 Å². The molecule has 178 valence electrons. The van der Waals surface area contributed by atoms with Gasteiger partial charge in [0.05, 0.1) is 25.7 Å². The fraction of sp³-hybridized carbons (Fsp3) is 0.333. The molecule has 4 nitrogen and oxygen atoms in total. The van der Waals surface area contributed by atoms with Crippen LogP contribution in [0.3, 0.4) is 0 Å². The van der Waals surface area contributed by atoms with E-state index in [2.05, 4.69) is 85.8 Å². The summed E-state index contributed by atoms with van der Waals surface area (Å²) in [5, 5.41) is 0. The zero-order valence-corrected chi connectivity index (χ0v) is 20.7. The molecule has 1 aliphatic carbocycles. The molecule has 0 heterocycles. The van der Waals surface area contributed by atoms with Gasteiger partial charge in [0.1, 0.15) is 6.10 Å². The molecular weight excluding hydrogens is 424 g/mol. The molecule has 0 bridgehead atoms. The van der Waals surface area contributed by atoms with Crippen LogP contribution in [-0.2, 0) is 14.9 Å². The van der Waals surface area contributed by atoms with Gasteiger partial charge in [-0.1, -0.05) is 91.9 Å². The fourth-order valence-electron chi connectivity index (χ4n) is 5.99. The molecule has 1 aliphatic rings. The zero-order valence-electron chi connectivity index (χ0n) is 20.7. The second-order valence-corrected chi connectivity index (χ2v) is 8.93. The predicted molar refractivity (Wildman–Crippen MR) is 136 cm³/mol. The highest BCUT2D eigenvalue weighted by atomic mass is 16.5. The second kappa shape index (κ2) is 10.0. The van der Waals surface area contributed by atoms with Crippen molar-refractivity contribution in [3.63, 3.8) is 0 Å². The van der Waals surface area contributed by atoms with Crippen molar-refractivity contribution >= 4 is 0 Å². The fourth-order valence-corrected chi connectivity index (χ4v) is 5.99. The lowest BCUT2D eigenvalue weighted by atomic mass is 9.49. The Morgan fingerprint density at radius 1 is 0.735 bits per heavy atom. The Labute approximate surface area is 203 Å². The summed E-state index contributed by atoms with van der Waals surface area (Å²) in [5.41, 5.74) is 2.25. The summed E-state index contributed by atoms with van der Waals surface area (Å²) in [4.78, 5) is 0. The lowest BCUT2D eigenvalue weighted by Crippen LogP contribution is -2.58. The molecule has 0 aliphatic heterocycles. The Morgan fingerprint density at radius 3 is 1.85 bits per heavy atom. The lowest BCUT2D eigenvalue weighted by Gasteiger charge is -2.55. The summed E-state index contributed by atoms with van der Waals surface area (Å²) in [6.07, 6.45) is 4.71. The van der Waals surface area contributed by atoms with E-state index in [4.69, 9.17) is 18.9 Å². The van der Waals surface area contributed by atoms with Crippen molar-refractivity contribution in [1.29, 1.82) is 0 Å². The van der Waals surface area contributed by atoms with Crippen LogP contribution in [-0.4, -0.2) is 40.6 Å². The van der Waals surface area contributed by atoms with E-state index in [9.17, 15) is 0 Å². The Balaban J connectivity index is 2.20. The van der Waals surface area contributed by atoms with Crippen molar-refractivity contribution in [2.45, 2.75) is 31.0 Å². The van der Waals surface area contributed by atoms with E-state index in [0.29, 0.717) is 5.75 Å². The van der Waals surface area contributed by atoms with Crippen LogP contribution in [0.5, 0.6) is 11.5 Å². The highest BCUT2D eigenvalue weighted by Gasteiger charge is 2.59. The van der Waals surface area contributed by atoms with E-state index in [1.54, 1.807) is 28.4 Å². The first kappa shape index (κ1) is 24.1. The maximum Gasteiger partial charge on any atom is 0.165 e. The molecule has 3 aromatic rings. The van der Waals surface area contributed by atoms with Crippen LogP contribution in [0, 0.1) is 5.41 Å². The Kier molecular flexibility index (Phi) is 7.11. The molecule has 3 atom stereocenters. The number of para-hydroxylation sites is 1. The number of rotatable bonds is 8. The molecule has 0 radical (unpaired) electrons. The maximum atomic E-state index is 6.26. The third-order valence-corrected chi connectivity index (χ3v) is 7.40. The van der Waals surface area contributed by atoms with Gasteiger partial charge in [-0.2, -0.15) is 0 Å². The lowest BCUT2D eigenvalue weighted by molar-refractivity contribution is -0.103. The van der Waals surface area contributed by atoms with Gasteiger partial charge in [-0.05, 0) is 23.6 Å². The van der Waals surface area contributed by atoms with Gasteiger partial charge in [-0.25, -0.2) is 0 Å². The van der Waals surface area contributed by atoms with E-state index in [1.807, 2.05) is 12.1 Å². The average Bonchev–Trinajstić information content (AvgIpc) is 2.89. The van der Waals surface area contributed by atoms with Crippen molar-refractivity contribution in [2.75, 3.05) is 28.4 Å². The van der Waals surface area contributed by atoms with Crippen molar-refractivity contribution in [3.05, 3.63) is 108 Å². The molecule has 0 spiro atoms. The van der Waals surface area contributed by atoms with Gasteiger partial charge in [0, 0.05) is 25.2 Å². The first-order valence-electron chi connectivity index (χ1n) is 11.6. The van der Waals surface area contributed by atoms with Crippen LogP contribution in [0.15, 0.2) is 91.0 Å². The van der Waals surface area contributed by atoms with Crippen LogP contribution in [0.4, 0.5) is 0 Å². The highest BCUT2D eigenvalue weighted by Crippen LogP contribution is 2.60. The van der Waals surface area contributed by atoms with E-state index in [1.165, 1.54) is 0 Å². The number of methoxy groups -OCH3 is 4. The van der Waals surface area contributed by atoms with Crippen molar-refractivity contribution in [3.8, 4) is 11.5 Å². The smallest absolute Gasteiger partial charge is 0.165 e. The number of allylic oxidation sites excluding steroid dienone is 1. The molecule has 0 aromatic heterocycles. The Morgan fingerprint density at radius 2 is 1.35 bits per heavy atom. The molecule has 0 amide bonds. The van der Waals surface area contributed by atoms with Crippen LogP contribution >= 0.6 is 0 Å². The molecule has 4 heteroatoms. The monoisotopic (exact) mass is 458 g/mol. The normalized spacial score (nSPS) is 22.4. The molecular formula is C30H34O4. The molecule has 0 fully saturated rings. The van der Waals surface area contributed by atoms with Crippen LogP contribution in [0.25, 0.3) is 0 Å². The van der Waals surface area contributed by atoms with Gasteiger partial charge in [-0.3, -0.25) is 0 Å². The van der Waals surface area contributed by atoms with E-state index >= 15 is 0 Å². The van der Waals surface area contributed by atoms with Gasteiger partial charge in [0.2, 0.25) is 0 Å². The number of benzene rings is 3. The summed E-state index contributed by atoms with van der Waals surface area (Å²) < 4.78 is 24.0. The van der Waals surface area contributed by atoms with E-state index in [-0.39, 0.29) is 12.2 Å². The van der Waals surface area contributed by atoms with Crippen LogP contribution in [0.1, 0.15) is 30.0 Å². The summed E-state index contributed by atoms with van der Waals surface area (Å²) in [6.45, 7) is 2.30. The first-order chi connectivity index (χ1) is 16.6. The van der Waals surface area contributed by atoms with Crippen LogP contribution < -0.4 is 9.47 Å². The average molecular weight is 459 g/mol. The predicted octanol–water partition coefficient (Wildman–Crippen LogP) is 6.03. The third kappa shape index (κ3) is 3.62. The minimum Gasteiger partial charge on any atom is -0.493 e. The van der Waals surface area contributed by atoms with Crippen molar-refractivity contribution in [2.24, 2.45) is 5.41 Å². The second-order valence-electron chi connectivity index (χ2n) is 8.93. The molecule has 0 N–H and O–H groups in total. The quantitative estimate of drug-likeness (QED) is 0.305. The molecule has 0 saturated carbocycles. The largest absolute Gasteiger partial charge is 0.493 e. The number of hydrogen-bond acceptors (Lipinski definition) is 4. The van der Waals surface area contributed by atoms with E-state index in [0.717, 1.165) is 28.9 Å². The summed E-state index contributed by atoms with van der Waals surface area (Å²) >= 11 is 0. The van der Waals surface area contributed by atoms with Gasteiger partial charge in [0.25, 0.3) is 0 Å². The third-order valence-electron chi connectivity index (χ3n) is 7.40. The SMILES string of the molecule is COc1cccc(C(c2ccccc2)(c2ccccc2)C2(C)CC=CC(OC)C2OC)c1OC. The van der Waals surface area contributed by atoms with Crippen molar-refractivity contribution in [1.82, 2.24) is 0 Å². The molecule has 3 aromatic carbocycles. The zero-order chi connectivity index (χ0) is 24.2. The van der Waals surface area contributed by atoms with Gasteiger partial charge in [0.15, 0.2) is 11.5 Å². The summed E-state index contributed by atoms with van der Waals surface area (Å²) in [6, 6.07) is 27.4. The number of ether oxygens (including phenoxy) is 4. The topological polar surface area (TPSA) is 36.9 Å². The molecule has 3 unspecified atom stereocenters. The van der Waals surface area contributed by atoms with Gasteiger partial charge < -0.3 is 18.9 Å². The Bertz CT molecular complexity index is 1070. The first-order valence-corrected chi connectivity index (χ1v) is 11.6. The molecule has 0 saturated heterocycles. The molecule has 4 rings (SSSR count). The standard InChI is InChI=1S/C30H34O4/c1-29(21-13-20-26(32-3)28(29)34-5)30(22-14-8-6-9-15-22,23-16-10-7-11-17-23)24-18-12-19-25(31-2)27(24)33-4/h6-20,26,28H,21H2,1-5H3. The molecule has 34 heavy (non-hydrogen) atoms. The van der Waals surface area contributed by atoms with Gasteiger partial charge in [-0.15, -0.1) is 0 Å². The maximum absolute atomic E-state index is 6.26.